The van der Waals surface area contributed by atoms with Crippen LogP contribution in [0.15, 0.2) is 109 Å². The minimum absolute atomic E-state index is 0.00562. The van der Waals surface area contributed by atoms with E-state index in [-0.39, 0.29) is 17.1 Å². The van der Waals surface area contributed by atoms with E-state index < -0.39 is 17.7 Å². The maximum Gasteiger partial charge on any atom is 0.343 e. The van der Waals surface area contributed by atoms with Gasteiger partial charge in [0.05, 0.1) is 11.1 Å². The molecular weight excluding hydrogens is 404 g/mol. The highest BCUT2D eigenvalue weighted by atomic mass is 16.5. The molecule has 5 heteroatoms. The number of hydrogen-bond acceptors (Lipinski definition) is 5. The average molecular weight is 422 g/mol. The van der Waals surface area contributed by atoms with Gasteiger partial charge >= 0.3 is 11.9 Å². The Morgan fingerprint density at radius 1 is 0.438 bits per heavy atom. The van der Waals surface area contributed by atoms with Crippen LogP contribution in [0.3, 0.4) is 0 Å². The zero-order chi connectivity index (χ0) is 22.3. The summed E-state index contributed by atoms with van der Waals surface area (Å²) < 4.78 is 11.1. The Morgan fingerprint density at radius 2 is 0.812 bits per heavy atom. The van der Waals surface area contributed by atoms with Gasteiger partial charge in [-0.25, -0.2) is 9.59 Å². The molecule has 0 spiro atoms. The van der Waals surface area contributed by atoms with E-state index in [9.17, 15) is 14.4 Å². The number of ketones is 1. The summed E-state index contributed by atoms with van der Waals surface area (Å²) in [6.07, 6.45) is 0. The van der Waals surface area contributed by atoms with Crippen molar-refractivity contribution in [1.82, 2.24) is 0 Å². The molecular formula is C27H18O5. The molecule has 32 heavy (non-hydrogen) atoms. The van der Waals surface area contributed by atoms with Crippen LogP contribution < -0.4 is 9.47 Å². The summed E-state index contributed by atoms with van der Waals surface area (Å²) in [6.45, 7) is 0. The topological polar surface area (TPSA) is 69.7 Å². The first-order valence-corrected chi connectivity index (χ1v) is 9.90. The molecule has 0 aromatic heterocycles. The van der Waals surface area contributed by atoms with Crippen LogP contribution in [0.25, 0.3) is 0 Å². The molecule has 4 rings (SSSR count). The zero-order valence-electron chi connectivity index (χ0n) is 16.9. The first-order valence-electron chi connectivity index (χ1n) is 9.90. The predicted molar refractivity (Wildman–Crippen MR) is 119 cm³/mol. The van der Waals surface area contributed by atoms with Crippen LogP contribution in [0.1, 0.15) is 36.6 Å². The average Bonchev–Trinajstić information content (AvgIpc) is 2.85. The molecule has 0 heterocycles. The van der Waals surface area contributed by atoms with Crippen molar-refractivity contribution in [2.24, 2.45) is 0 Å². The highest BCUT2D eigenvalue weighted by molar-refractivity contribution is 6.13. The molecule has 0 radical (unpaired) electrons. The van der Waals surface area contributed by atoms with Gasteiger partial charge in [0, 0.05) is 5.56 Å². The van der Waals surface area contributed by atoms with E-state index >= 15 is 0 Å². The van der Waals surface area contributed by atoms with Gasteiger partial charge < -0.3 is 9.47 Å². The quantitative estimate of drug-likeness (QED) is 0.238. The lowest BCUT2D eigenvalue weighted by Gasteiger charge is -2.14. The summed E-state index contributed by atoms with van der Waals surface area (Å²) in [7, 11) is 0. The molecule has 0 atom stereocenters. The number of rotatable bonds is 6. The van der Waals surface area contributed by atoms with E-state index in [2.05, 4.69) is 0 Å². The fourth-order valence-electron chi connectivity index (χ4n) is 3.10. The second-order valence-electron chi connectivity index (χ2n) is 6.84. The van der Waals surface area contributed by atoms with E-state index in [1.54, 1.807) is 97.1 Å². The van der Waals surface area contributed by atoms with Gasteiger partial charge in [-0.15, -0.1) is 0 Å². The van der Waals surface area contributed by atoms with Gasteiger partial charge in [0.2, 0.25) is 5.78 Å². The van der Waals surface area contributed by atoms with Gasteiger partial charge in [-0.1, -0.05) is 72.8 Å². The molecule has 0 unspecified atom stereocenters. The van der Waals surface area contributed by atoms with E-state index in [4.69, 9.17) is 9.47 Å². The maximum absolute atomic E-state index is 13.3. The molecule has 156 valence electrons. The number of carbonyl (C=O) groups excluding carboxylic acids is 3. The number of esters is 2. The second-order valence-corrected chi connectivity index (χ2v) is 6.84. The van der Waals surface area contributed by atoms with E-state index in [0.29, 0.717) is 16.7 Å². The third kappa shape index (κ3) is 4.63. The lowest BCUT2D eigenvalue weighted by Crippen LogP contribution is -2.15. The summed E-state index contributed by atoms with van der Waals surface area (Å²) in [5, 5.41) is 0. The first kappa shape index (κ1) is 20.8. The van der Waals surface area contributed by atoms with Gasteiger partial charge in [0.15, 0.2) is 0 Å². The Balaban J connectivity index is 1.74. The summed E-state index contributed by atoms with van der Waals surface area (Å²) in [4.78, 5) is 38.6. The Hall–Kier alpha value is -4.51. The Morgan fingerprint density at radius 3 is 1.22 bits per heavy atom. The van der Waals surface area contributed by atoms with Crippen molar-refractivity contribution in [3.8, 4) is 11.5 Å². The minimum Gasteiger partial charge on any atom is -0.422 e. The Bertz CT molecular complexity index is 1180. The summed E-state index contributed by atoms with van der Waals surface area (Å²) in [5.41, 5.74) is 1.02. The van der Waals surface area contributed by atoms with Crippen LogP contribution >= 0.6 is 0 Å². The smallest absolute Gasteiger partial charge is 0.343 e. The van der Waals surface area contributed by atoms with Gasteiger partial charge in [-0.05, 0) is 36.4 Å². The van der Waals surface area contributed by atoms with Crippen molar-refractivity contribution < 1.29 is 23.9 Å². The molecule has 0 saturated heterocycles. The molecule has 4 aromatic carbocycles. The Labute approximate surface area is 184 Å². The van der Waals surface area contributed by atoms with Crippen LogP contribution in [0.2, 0.25) is 0 Å². The van der Waals surface area contributed by atoms with Gasteiger partial charge in [-0.2, -0.15) is 0 Å². The molecule has 0 amide bonds. The molecule has 0 bridgehead atoms. The van der Waals surface area contributed by atoms with Crippen LogP contribution in [0.4, 0.5) is 0 Å². The van der Waals surface area contributed by atoms with Crippen molar-refractivity contribution in [2.45, 2.75) is 0 Å². The fourth-order valence-corrected chi connectivity index (χ4v) is 3.10. The third-order valence-corrected chi connectivity index (χ3v) is 4.68. The summed E-state index contributed by atoms with van der Waals surface area (Å²) in [5.74, 6) is -1.67. The van der Waals surface area contributed by atoms with Crippen molar-refractivity contribution >= 4 is 17.7 Å². The molecule has 0 fully saturated rings. The number of carbonyl (C=O) groups is 3. The first-order chi connectivity index (χ1) is 15.6. The van der Waals surface area contributed by atoms with Gasteiger partial charge in [-0.3, -0.25) is 4.79 Å². The largest absolute Gasteiger partial charge is 0.422 e. The highest BCUT2D eigenvalue weighted by Gasteiger charge is 2.24. The highest BCUT2D eigenvalue weighted by Crippen LogP contribution is 2.32. The van der Waals surface area contributed by atoms with Crippen molar-refractivity contribution in [3.05, 3.63) is 131 Å². The summed E-state index contributed by atoms with van der Waals surface area (Å²) >= 11 is 0. The lowest BCUT2D eigenvalue weighted by atomic mass is 10.0. The van der Waals surface area contributed by atoms with E-state index in [1.165, 1.54) is 12.1 Å². The van der Waals surface area contributed by atoms with Crippen molar-refractivity contribution in [3.63, 3.8) is 0 Å². The van der Waals surface area contributed by atoms with Gasteiger partial charge in [0.1, 0.15) is 17.1 Å². The molecule has 0 aliphatic heterocycles. The van der Waals surface area contributed by atoms with Crippen LogP contribution in [0.5, 0.6) is 11.5 Å². The van der Waals surface area contributed by atoms with Crippen LogP contribution in [0, 0.1) is 0 Å². The van der Waals surface area contributed by atoms with Gasteiger partial charge in [0.25, 0.3) is 0 Å². The van der Waals surface area contributed by atoms with Crippen LogP contribution in [-0.2, 0) is 0 Å². The monoisotopic (exact) mass is 422 g/mol. The molecule has 0 N–H and O–H groups in total. The zero-order valence-corrected chi connectivity index (χ0v) is 16.9. The van der Waals surface area contributed by atoms with E-state index in [0.717, 1.165) is 0 Å². The number of hydrogen-bond donors (Lipinski definition) is 0. The minimum atomic E-state index is -0.626. The molecule has 0 saturated carbocycles. The summed E-state index contributed by atoms with van der Waals surface area (Å²) in [6, 6.07) is 29.9. The van der Waals surface area contributed by atoms with Crippen molar-refractivity contribution in [2.75, 3.05) is 0 Å². The predicted octanol–water partition coefficient (Wildman–Crippen LogP) is 5.36. The maximum atomic E-state index is 13.3. The number of ether oxygens (including phenoxy) is 2. The number of benzene rings is 4. The third-order valence-electron chi connectivity index (χ3n) is 4.68. The molecule has 5 nitrogen and oxygen atoms in total. The standard InChI is InChI=1S/C27H18O5/c28-25(19-11-4-1-5-12-19)24-22(31-26(29)20-13-6-2-7-14-20)17-10-18-23(24)32-27(30)21-15-8-3-9-16-21/h1-18H. The van der Waals surface area contributed by atoms with E-state index in [1.807, 2.05) is 0 Å². The molecule has 4 aromatic rings. The van der Waals surface area contributed by atoms with Crippen molar-refractivity contribution in [1.29, 1.82) is 0 Å². The fraction of sp³-hybridized carbons (Fsp3) is 0. The Kier molecular flexibility index (Phi) is 6.18. The second kappa shape index (κ2) is 9.53. The lowest BCUT2D eigenvalue weighted by molar-refractivity contribution is 0.0729. The van der Waals surface area contributed by atoms with Crippen LogP contribution in [-0.4, -0.2) is 17.7 Å². The SMILES string of the molecule is O=C(Oc1cccc(OC(=O)c2ccccc2)c1C(=O)c1ccccc1)c1ccccc1. The molecule has 0 aliphatic rings. The molecule has 0 aliphatic carbocycles. The normalized spacial score (nSPS) is 10.2.